The van der Waals surface area contributed by atoms with Gasteiger partial charge in [-0.2, -0.15) is 13.5 Å². The van der Waals surface area contributed by atoms with Crippen molar-refractivity contribution < 1.29 is 13.2 Å². The minimum Gasteiger partial charge on any atom is -0.322 e. The van der Waals surface area contributed by atoms with Crippen molar-refractivity contribution in [2.24, 2.45) is 5.10 Å². The van der Waals surface area contributed by atoms with Gasteiger partial charge in [0.05, 0.1) is 21.7 Å². The van der Waals surface area contributed by atoms with Gasteiger partial charge in [0.25, 0.3) is 15.9 Å². The van der Waals surface area contributed by atoms with E-state index in [4.69, 9.17) is 11.6 Å². The van der Waals surface area contributed by atoms with E-state index in [0.717, 1.165) is 0 Å². The zero-order valence-corrected chi connectivity index (χ0v) is 16.1. The van der Waals surface area contributed by atoms with Gasteiger partial charge in [0, 0.05) is 5.69 Å². The molecule has 1 amide bonds. The van der Waals surface area contributed by atoms with Crippen LogP contribution in [0.5, 0.6) is 0 Å². The molecule has 0 aliphatic carbocycles. The number of carbonyl (C=O) groups excluding carboxylic acids is 1. The summed E-state index contributed by atoms with van der Waals surface area (Å²) in [5.41, 5.74) is 1.49. The molecule has 142 valence electrons. The third-order valence-electron chi connectivity index (χ3n) is 3.70. The SMILES string of the molecule is O=C(Nc1cccc(/C=N/NS(=O)(=O)c2ccccc2)c1)c1ccccc1Cl. The summed E-state index contributed by atoms with van der Waals surface area (Å²) < 4.78 is 24.3. The molecule has 28 heavy (non-hydrogen) atoms. The van der Waals surface area contributed by atoms with E-state index in [9.17, 15) is 13.2 Å². The van der Waals surface area contributed by atoms with Crippen LogP contribution in [0.4, 0.5) is 5.69 Å². The molecule has 0 aliphatic rings. The van der Waals surface area contributed by atoms with E-state index in [-0.39, 0.29) is 10.8 Å². The molecule has 2 N–H and O–H groups in total. The topological polar surface area (TPSA) is 87.6 Å². The average Bonchev–Trinajstić information content (AvgIpc) is 2.69. The third-order valence-corrected chi connectivity index (χ3v) is 5.27. The van der Waals surface area contributed by atoms with E-state index in [0.29, 0.717) is 21.8 Å². The number of anilines is 1. The lowest BCUT2D eigenvalue weighted by Gasteiger charge is -2.07. The standard InChI is InChI=1S/C20H16ClN3O3S/c21-19-12-5-4-11-18(19)20(25)23-16-8-6-7-15(13-16)14-22-24-28(26,27)17-9-2-1-3-10-17/h1-14,24H,(H,23,25)/b22-14+. The molecular formula is C20H16ClN3O3S. The van der Waals surface area contributed by atoms with Crippen LogP contribution in [0, 0.1) is 0 Å². The Kier molecular flexibility index (Phi) is 6.08. The molecule has 0 aromatic heterocycles. The van der Waals surface area contributed by atoms with Gasteiger partial charge in [0.15, 0.2) is 0 Å². The maximum Gasteiger partial charge on any atom is 0.276 e. The number of rotatable bonds is 6. The summed E-state index contributed by atoms with van der Waals surface area (Å²) in [7, 11) is -3.73. The number of benzene rings is 3. The molecule has 0 saturated carbocycles. The van der Waals surface area contributed by atoms with Gasteiger partial charge in [-0.3, -0.25) is 4.79 Å². The van der Waals surface area contributed by atoms with E-state index in [2.05, 4.69) is 15.2 Å². The maximum atomic E-state index is 12.3. The molecule has 3 aromatic carbocycles. The largest absolute Gasteiger partial charge is 0.322 e. The van der Waals surface area contributed by atoms with Gasteiger partial charge < -0.3 is 5.32 Å². The van der Waals surface area contributed by atoms with E-state index in [1.165, 1.54) is 18.3 Å². The molecular weight excluding hydrogens is 398 g/mol. The summed E-state index contributed by atoms with van der Waals surface area (Å²) in [6.45, 7) is 0. The number of hydrogen-bond donors (Lipinski definition) is 2. The van der Waals surface area contributed by atoms with Crippen molar-refractivity contribution in [1.29, 1.82) is 0 Å². The number of hydrogen-bond acceptors (Lipinski definition) is 4. The van der Waals surface area contributed by atoms with E-state index in [1.54, 1.807) is 66.7 Å². The maximum absolute atomic E-state index is 12.3. The molecule has 0 unspecified atom stereocenters. The van der Waals surface area contributed by atoms with Crippen LogP contribution in [-0.2, 0) is 10.0 Å². The first kappa shape index (κ1) is 19.6. The van der Waals surface area contributed by atoms with Gasteiger partial charge in [-0.25, -0.2) is 4.83 Å². The summed E-state index contributed by atoms with van der Waals surface area (Å²) in [6, 6.07) is 21.5. The Bertz CT molecular complexity index is 1120. The number of sulfonamides is 1. The summed E-state index contributed by atoms with van der Waals surface area (Å²) in [5.74, 6) is -0.343. The first-order valence-electron chi connectivity index (χ1n) is 8.21. The Hall–Kier alpha value is -3.16. The predicted molar refractivity (Wildman–Crippen MR) is 110 cm³/mol. The molecule has 0 aliphatic heterocycles. The molecule has 8 heteroatoms. The lowest BCUT2D eigenvalue weighted by atomic mass is 10.2. The normalized spacial score (nSPS) is 11.3. The fourth-order valence-electron chi connectivity index (χ4n) is 2.36. The Labute approximate surface area is 167 Å². The van der Waals surface area contributed by atoms with Crippen LogP contribution in [0.2, 0.25) is 5.02 Å². The highest BCUT2D eigenvalue weighted by Gasteiger charge is 2.11. The molecule has 0 saturated heterocycles. The van der Waals surface area contributed by atoms with Gasteiger partial charge in [0.1, 0.15) is 0 Å². The fraction of sp³-hybridized carbons (Fsp3) is 0. The summed E-state index contributed by atoms with van der Waals surface area (Å²) >= 11 is 6.03. The van der Waals surface area contributed by atoms with Crippen molar-refractivity contribution in [3.05, 3.63) is 95.0 Å². The molecule has 0 spiro atoms. The highest BCUT2D eigenvalue weighted by molar-refractivity contribution is 7.89. The molecule has 0 atom stereocenters. The number of halogens is 1. The van der Waals surface area contributed by atoms with Crippen molar-refractivity contribution in [2.75, 3.05) is 5.32 Å². The zero-order valence-electron chi connectivity index (χ0n) is 14.5. The van der Waals surface area contributed by atoms with Crippen LogP contribution < -0.4 is 10.1 Å². The predicted octanol–water partition coefficient (Wildman–Crippen LogP) is 3.90. The number of nitrogens with zero attached hydrogens (tertiary/aromatic N) is 1. The Morgan fingerprint density at radius 1 is 0.929 bits per heavy atom. The summed E-state index contributed by atoms with van der Waals surface area (Å²) in [5, 5.41) is 6.89. The van der Waals surface area contributed by atoms with Gasteiger partial charge in [0.2, 0.25) is 0 Å². The Balaban J connectivity index is 1.69. The zero-order chi connectivity index (χ0) is 20.0. The Morgan fingerprint density at radius 2 is 1.64 bits per heavy atom. The summed E-state index contributed by atoms with van der Waals surface area (Å²) in [6.07, 6.45) is 1.35. The van der Waals surface area contributed by atoms with Crippen molar-refractivity contribution in [3.63, 3.8) is 0 Å². The third kappa shape index (κ3) is 4.97. The van der Waals surface area contributed by atoms with Gasteiger partial charge in [-0.1, -0.05) is 54.1 Å². The lowest BCUT2D eigenvalue weighted by Crippen LogP contribution is -2.18. The van der Waals surface area contributed by atoms with Gasteiger partial charge >= 0.3 is 0 Å². The van der Waals surface area contributed by atoms with Crippen LogP contribution in [0.3, 0.4) is 0 Å². The molecule has 0 heterocycles. The highest BCUT2D eigenvalue weighted by atomic mass is 35.5. The molecule has 0 fully saturated rings. The summed E-state index contributed by atoms with van der Waals surface area (Å²) in [4.78, 5) is 14.6. The smallest absolute Gasteiger partial charge is 0.276 e. The first-order valence-corrected chi connectivity index (χ1v) is 10.1. The number of carbonyl (C=O) groups is 1. The van der Waals surface area contributed by atoms with E-state index >= 15 is 0 Å². The second-order valence-corrected chi connectivity index (χ2v) is 7.79. The minimum atomic E-state index is -3.73. The van der Waals surface area contributed by atoms with Gasteiger partial charge in [-0.05, 0) is 42.0 Å². The quantitative estimate of drug-likeness (QED) is 0.474. The van der Waals surface area contributed by atoms with Crippen LogP contribution in [0.25, 0.3) is 0 Å². The monoisotopic (exact) mass is 413 g/mol. The van der Waals surface area contributed by atoms with Crippen LogP contribution in [0.15, 0.2) is 88.9 Å². The number of hydrazone groups is 1. The van der Waals surface area contributed by atoms with Crippen LogP contribution in [0.1, 0.15) is 15.9 Å². The van der Waals surface area contributed by atoms with Crippen LogP contribution in [-0.4, -0.2) is 20.5 Å². The number of amides is 1. The van der Waals surface area contributed by atoms with Crippen molar-refractivity contribution >= 4 is 39.4 Å². The first-order chi connectivity index (χ1) is 13.5. The number of nitrogens with one attached hydrogen (secondary N) is 2. The van der Waals surface area contributed by atoms with Crippen molar-refractivity contribution in [1.82, 2.24) is 4.83 Å². The fourth-order valence-corrected chi connectivity index (χ4v) is 3.40. The second kappa shape index (κ2) is 8.69. The lowest BCUT2D eigenvalue weighted by molar-refractivity contribution is 0.102. The molecule has 0 bridgehead atoms. The molecule has 3 rings (SSSR count). The minimum absolute atomic E-state index is 0.118. The van der Waals surface area contributed by atoms with E-state index in [1.807, 2.05) is 0 Å². The van der Waals surface area contributed by atoms with E-state index < -0.39 is 10.0 Å². The molecule has 0 radical (unpaired) electrons. The van der Waals surface area contributed by atoms with Crippen molar-refractivity contribution in [3.8, 4) is 0 Å². The van der Waals surface area contributed by atoms with Crippen LogP contribution >= 0.6 is 11.6 Å². The average molecular weight is 414 g/mol. The highest BCUT2D eigenvalue weighted by Crippen LogP contribution is 2.17. The Morgan fingerprint density at radius 3 is 2.39 bits per heavy atom. The van der Waals surface area contributed by atoms with Gasteiger partial charge in [-0.15, -0.1) is 0 Å². The van der Waals surface area contributed by atoms with Crippen molar-refractivity contribution in [2.45, 2.75) is 4.90 Å². The second-order valence-electron chi connectivity index (χ2n) is 5.73. The molecule has 3 aromatic rings. The molecule has 6 nitrogen and oxygen atoms in total.